The smallest absolute Gasteiger partial charge is 0.305 e. The number of rotatable bonds is 2. The molecule has 28 heavy (non-hydrogen) atoms. The first-order valence-electron chi connectivity index (χ1n) is 9.53. The van der Waals surface area contributed by atoms with Gasteiger partial charge < -0.3 is 9.40 Å². The summed E-state index contributed by atoms with van der Waals surface area (Å²) in [5.74, 6) is 3.83. The van der Waals surface area contributed by atoms with Crippen molar-refractivity contribution >= 4 is 46.3 Å². The second kappa shape index (κ2) is 6.43. The first-order valence-corrected chi connectivity index (χ1v) is 12.0. The summed E-state index contributed by atoms with van der Waals surface area (Å²) in [4.78, 5) is 16.4. The highest BCUT2D eigenvalue weighted by Gasteiger charge is 2.55. The highest BCUT2D eigenvalue weighted by Crippen LogP contribution is 2.63. The van der Waals surface area contributed by atoms with E-state index in [1.54, 1.807) is 12.1 Å². The van der Waals surface area contributed by atoms with E-state index >= 15 is 0 Å². The van der Waals surface area contributed by atoms with E-state index in [0.717, 1.165) is 38.8 Å². The molecule has 0 saturated heterocycles. The molecule has 3 heterocycles. The largest absolute Gasteiger partial charge is 0.460 e. The molecule has 1 aliphatic heterocycles. The first-order chi connectivity index (χ1) is 13.6. The lowest BCUT2D eigenvalue weighted by atomic mass is 9.77. The Morgan fingerprint density at radius 2 is 1.96 bits per heavy atom. The molecule has 3 nitrogen and oxygen atoms in total. The molecule has 1 aromatic carbocycles. The van der Waals surface area contributed by atoms with Crippen molar-refractivity contribution in [1.29, 1.82) is 0 Å². The maximum atomic E-state index is 12.1. The Bertz CT molecular complexity index is 1130. The van der Waals surface area contributed by atoms with Crippen molar-refractivity contribution in [1.82, 2.24) is 4.98 Å². The fourth-order valence-electron chi connectivity index (χ4n) is 5.52. The van der Waals surface area contributed by atoms with Crippen LogP contribution in [0.5, 0.6) is 0 Å². The lowest BCUT2D eigenvalue weighted by Gasteiger charge is -2.38. The van der Waals surface area contributed by atoms with Crippen LogP contribution in [0, 0.1) is 17.8 Å². The van der Waals surface area contributed by atoms with Crippen molar-refractivity contribution in [3.8, 4) is 11.3 Å². The maximum Gasteiger partial charge on any atom is 0.305 e. The quantitative estimate of drug-likeness (QED) is 0.475. The van der Waals surface area contributed by atoms with Crippen LogP contribution < -0.4 is 4.87 Å². The Balaban J connectivity index is 1.47. The van der Waals surface area contributed by atoms with Crippen LogP contribution >= 0.6 is 46.3 Å². The summed E-state index contributed by atoms with van der Waals surface area (Å²) < 4.78 is 6.37. The number of aromatic nitrogens is 1. The fraction of sp³-hybridized carbons (Fsp3) is 0.381. The Hall–Kier alpha value is -1.14. The van der Waals surface area contributed by atoms with Gasteiger partial charge in [0.15, 0.2) is 0 Å². The minimum Gasteiger partial charge on any atom is -0.460 e. The van der Waals surface area contributed by atoms with Crippen molar-refractivity contribution < 1.29 is 4.42 Å². The number of hydrogen-bond acceptors (Lipinski definition) is 4. The molecule has 2 fully saturated rings. The van der Waals surface area contributed by atoms with Gasteiger partial charge in [0, 0.05) is 15.8 Å². The van der Waals surface area contributed by atoms with E-state index in [9.17, 15) is 4.79 Å². The van der Waals surface area contributed by atoms with E-state index in [1.165, 1.54) is 30.6 Å². The normalized spacial score (nSPS) is 30.4. The predicted octanol–water partition coefficient (Wildman–Crippen LogP) is 6.66. The molecule has 0 radical (unpaired) electrons. The number of thiazole rings is 1. The van der Waals surface area contributed by atoms with Gasteiger partial charge >= 0.3 is 4.87 Å². The van der Waals surface area contributed by atoms with E-state index in [2.05, 4.69) is 11.1 Å². The Morgan fingerprint density at radius 1 is 1.11 bits per heavy atom. The number of fused-ring (bicyclic) bond motifs is 6. The minimum atomic E-state index is 0.0273. The van der Waals surface area contributed by atoms with Crippen LogP contribution in [0.25, 0.3) is 11.3 Å². The molecular weight excluding hydrogens is 433 g/mol. The van der Waals surface area contributed by atoms with Crippen molar-refractivity contribution in [3.05, 3.63) is 60.7 Å². The number of aromatic amines is 1. The third-order valence-corrected chi connectivity index (χ3v) is 9.78. The molecule has 2 bridgehead atoms. The van der Waals surface area contributed by atoms with Crippen LogP contribution in [0.3, 0.4) is 0 Å². The number of thioether (sulfide) groups is 1. The van der Waals surface area contributed by atoms with E-state index in [0.29, 0.717) is 21.2 Å². The van der Waals surface area contributed by atoms with Crippen LogP contribution in [0.2, 0.25) is 10.0 Å². The molecule has 3 aromatic rings. The minimum absolute atomic E-state index is 0.0273. The molecule has 1 N–H and O–H groups in total. The van der Waals surface area contributed by atoms with Crippen LogP contribution in [0.1, 0.15) is 35.8 Å². The zero-order valence-electron chi connectivity index (χ0n) is 14.8. The summed E-state index contributed by atoms with van der Waals surface area (Å²) in [6.45, 7) is 0. The van der Waals surface area contributed by atoms with Gasteiger partial charge in [0.2, 0.25) is 0 Å². The highest BCUT2D eigenvalue weighted by molar-refractivity contribution is 8.00. The molecule has 6 rings (SSSR count). The molecule has 0 unspecified atom stereocenters. The van der Waals surface area contributed by atoms with E-state index in [4.69, 9.17) is 27.6 Å². The van der Waals surface area contributed by atoms with Crippen LogP contribution in [0.4, 0.5) is 0 Å². The summed E-state index contributed by atoms with van der Waals surface area (Å²) >= 11 is 15.8. The summed E-state index contributed by atoms with van der Waals surface area (Å²) in [7, 11) is 0. The number of benzene rings is 1. The van der Waals surface area contributed by atoms with E-state index in [1.807, 2.05) is 23.9 Å². The summed E-state index contributed by atoms with van der Waals surface area (Å²) in [5.41, 5.74) is 0.803. The lowest BCUT2D eigenvalue weighted by molar-refractivity contribution is 0.285. The Morgan fingerprint density at radius 3 is 2.86 bits per heavy atom. The third kappa shape index (κ3) is 2.59. The number of furan rings is 1. The molecule has 0 spiro atoms. The molecule has 2 saturated carbocycles. The lowest BCUT2D eigenvalue weighted by Crippen LogP contribution is -2.33. The molecule has 2 aliphatic carbocycles. The van der Waals surface area contributed by atoms with Crippen LogP contribution in [-0.2, 0) is 0 Å². The topological polar surface area (TPSA) is 46.0 Å². The highest BCUT2D eigenvalue weighted by atomic mass is 35.5. The van der Waals surface area contributed by atoms with Gasteiger partial charge in [-0.2, -0.15) is 0 Å². The molecule has 2 aromatic heterocycles. The van der Waals surface area contributed by atoms with Crippen LogP contribution in [-0.4, -0.2) is 10.2 Å². The second-order valence-electron chi connectivity index (χ2n) is 8.00. The maximum absolute atomic E-state index is 12.1. The van der Waals surface area contributed by atoms with Gasteiger partial charge in [0.1, 0.15) is 11.5 Å². The Kier molecular flexibility index (Phi) is 4.06. The van der Waals surface area contributed by atoms with Gasteiger partial charge in [-0.15, -0.1) is 11.8 Å². The first kappa shape index (κ1) is 17.7. The predicted molar refractivity (Wildman–Crippen MR) is 115 cm³/mol. The summed E-state index contributed by atoms with van der Waals surface area (Å²) in [5, 5.41) is 2.87. The average molecular weight is 450 g/mol. The monoisotopic (exact) mass is 449 g/mol. The summed E-state index contributed by atoms with van der Waals surface area (Å²) in [6, 6.07) is 9.44. The molecular formula is C21H17Cl2NO2S2. The van der Waals surface area contributed by atoms with Crippen molar-refractivity contribution in [2.45, 2.75) is 35.5 Å². The van der Waals surface area contributed by atoms with Gasteiger partial charge in [-0.3, -0.25) is 4.79 Å². The van der Waals surface area contributed by atoms with Gasteiger partial charge in [-0.25, -0.2) is 0 Å². The standard InChI is InChI=1S/C21H17Cl2NO2S2/c22-11-3-4-13(23)12(8-11)14-5-6-15(26-14)17-16-9-1-2-10(7-9)18(16)27-20-19(17)28-21(25)24-20/h3-6,8-10,16-18H,1-2,7H2,(H,24,25)/t9-,10-,16-,17+,18-/m0/s1. The fourth-order valence-corrected chi connectivity index (χ4v) is 8.78. The number of nitrogens with one attached hydrogen (secondary N) is 1. The van der Waals surface area contributed by atoms with Gasteiger partial charge in [-0.05, 0) is 67.3 Å². The van der Waals surface area contributed by atoms with Crippen molar-refractivity contribution in [2.75, 3.05) is 0 Å². The number of H-pyrrole nitrogens is 1. The molecule has 0 amide bonds. The second-order valence-corrected chi connectivity index (χ2v) is 11.1. The summed E-state index contributed by atoms with van der Waals surface area (Å²) in [6.07, 6.45) is 3.92. The molecule has 3 aliphatic rings. The molecule has 5 atom stereocenters. The zero-order valence-corrected chi connectivity index (χ0v) is 17.9. The van der Waals surface area contributed by atoms with Gasteiger partial charge in [0.05, 0.1) is 20.8 Å². The SMILES string of the molecule is O=c1[nH]c2c(s1)[C@H](c1ccc(-c3cc(Cl)ccc3Cl)o1)[C@@H]1[C@H]3CC[C@@H](C3)[C@@H]1S2. The van der Waals surface area contributed by atoms with Crippen LogP contribution in [0.15, 0.2) is 44.6 Å². The van der Waals surface area contributed by atoms with Crippen molar-refractivity contribution in [3.63, 3.8) is 0 Å². The van der Waals surface area contributed by atoms with Crippen molar-refractivity contribution in [2.24, 2.45) is 17.8 Å². The molecule has 7 heteroatoms. The zero-order chi connectivity index (χ0) is 19.0. The van der Waals surface area contributed by atoms with Gasteiger partial charge in [-0.1, -0.05) is 34.5 Å². The van der Waals surface area contributed by atoms with E-state index in [-0.39, 0.29) is 10.8 Å². The van der Waals surface area contributed by atoms with Gasteiger partial charge in [0.25, 0.3) is 0 Å². The third-order valence-electron chi connectivity index (χ3n) is 6.59. The molecule has 144 valence electrons. The number of halogens is 2. The number of hydrogen-bond donors (Lipinski definition) is 1. The average Bonchev–Trinajstić information content (AvgIpc) is 3.44. The Labute approximate surface area is 180 Å². The van der Waals surface area contributed by atoms with E-state index < -0.39 is 0 Å².